The largest absolute Gasteiger partial charge is 0.456 e. The Morgan fingerprint density at radius 3 is 2.29 bits per heavy atom. The fourth-order valence-corrected chi connectivity index (χ4v) is 9.97. The summed E-state index contributed by atoms with van der Waals surface area (Å²) in [6, 6.07) is -1.09. The van der Waals surface area contributed by atoms with Crippen LogP contribution in [0.3, 0.4) is 0 Å². The van der Waals surface area contributed by atoms with Crippen LogP contribution in [0.25, 0.3) is 0 Å². The van der Waals surface area contributed by atoms with Crippen molar-refractivity contribution >= 4 is 23.4 Å². The third-order valence-electron chi connectivity index (χ3n) is 13.7. The predicted octanol–water partition coefficient (Wildman–Crippen LogP) is 5.51. The number of amides is 1. The van der Waals surface area contributed by atoms with Crippen LogP contribution < -0.4 is 0 Å². The molecule has 1 aliphatic carbocycles. The molecule has 1 aromatic rings. The van der Waals surface area contributed by atoms with E-state index in [4.69, 9.17) is 23.7 Å². The van der Waals surface area contributed by atoms with Gasteiger partial charge in [-0.1, -0.05) is 38.0 Å². The summed E-state index contributed by atoms with van der Waals surface area (Å²) in [6.45, 7) is 12.0. The second-order valence-electron chi connectivity index (χ2n) is 17.6. The Balaban J connectivity index is 1.48. The second kappa shape index (κ2) is 20.9. The van der Waals surface area contributed by atoms with Gasteiger partial charge in [0.05, 0.1) is 24.4 Å². The molecule has 1 aromatic heterocycles. The predicted molar refractivity (Wildman–Crippen MR) is 218 cm³/mol. The molecule has 4 heterocycles. The summed E-state index contributed by atoms with van der Waals surface area (Å²) in [4.78, 5) is 59.5. The first kappa shape index (κ1) is 46.7. The van der Waals surface area contributed by atoms with Gasteiger partial charge in [0.2, 0.25) is 5.79 Å². The van der Waals surface area contributed by atoms with Crippen LogP contribution in [0.15, 0.2) is 29.1 Å². The van der Waals surface area contributed by atoms with E-state index in [2.05, 4.69) is 35.3 Å². The zero-order valence-electron chi connectivity index (χ0n) is 36.8. The lowest BCUT2D eigenvalue weighted by molar-refractivity contribution is -0.302. The third-order valence-corrected chi connectivity index (χ3v) is 13.7. The highest BCUT2D eigenvalue weighted by atomic mass is 16.7. The molecule has 0 radical (unpaired) electrons. The van der Waals surface area contributed by atoms with Crippen LogP contribution >= 0.6 is 0 Å². The molecule has 330 valence electrons. The number of ketones is 2. The summed E-state index contributed by atoms with van der Waals surface area (Å²) >= 11 is 0. The van der Waals surface area contributed by atoms with E-state index < -0.39 is 59.8 Å². The van der Waals surface area contributed by atoms with Gasteiger partial charge in [0.1, 0.15) is 24.0 Å². The minimum Gasteiger partial charge on any atom is -0.456 e. The lowest BCUT2D eigenvalue weighted by Gasteiger charge is -2.47. The zero-order chi connectivity index (χ0) is 43.0. The van der Waals surface area contributed by atoms with Gasteiger partial charge >= 0.3 is 5.97 Å². The minimum atomic E-state index is -2.46. The van der Waals surface area contributed by atoms with Crippen LogP contribution in [-0.2, 0) is 42.9 Å². The molecule has 0 aromatic carbocycles. The number of hydrogen-bond donors (Lipinski definition) is 1. The number of Topliss-reactive ketones (excluding diaryl/α,β-unsaturated/α-hetero) is 2. The topological polar surface area (TPSA) is 181 Å². The Morgan fingerprint density at radius 2 is 1.63 bits per heavy atom. The molecule has 1 N–H and O–H groups in total. The highest BCUT2D eigenvalue weighted by Gasteiger charge is 2.56. The quantitative estimate of drug-likeness (QED) is 0.207. The number of carbonyl (C=O) groups is 4. The maximum atomic E-state index is 14.4. The molecular formula is C44H69N5O10. The van der Waals surface area contributed by atoms with Crippen LogP contribution in [0.5, 0.6) is 0 Å². The van der Waals surface area contributed by atoms with Gasteiger partial charge in [-0.25, -0.2) is 4.79 Å². The highest BCUT2D eigenvalue weighted by Crippen LogP contribution is 2.41. The maximum absolute atomic E-state index is 14.4. The standard InChI is InChI=1S/C44H69N5O10/c1-10-31-21-26(2)20-27(3)22-38(56-8)40-39(57-9)23-28(4)44(54,59-40)41(51)42(52)48-19-12-11-14-34(48)43(53)58-36(16-13-15-35(31)50)30(6)29(5)32-17-18-33(37(24-32)55-7)49-46-25-45-47-49/h21,25,27-28,31-34,36-40,54H,10-20,22-24H2,1-9H3. The molecule has 0 spiro atoms. The van der Waals surface area contributed by atoms with Gasteiger partial charge in [0, 0.05) is 46.1 Å². The number of methoxy groups -OCH3 is 3. The summed E-state index contributed by atoms with van der Waals surface area (Å²) in [5.41, 5.74) is 3.06. The molecule has 1 amide bonds. The van der Waals surface area contributed by atoms with Gasteiger partial charge in [0.25, 0.3) is 11.7 Å². The molecule has 59 heavy (non-hydrogen) atoms. The molecule has 2 bridgehead atoms. The van der Waals surface area contributed by atoms with Gasteiger partial charge in [-0.05, 0) is 120 Å². The van der Waals surface area contributed by atoms with E-state index in [1.807, 2.05) is 20.8 Å². The summed E-state index contributed by atoms with van der Waals surface area (Å²) < 4.78 is 30.4. The van der Waals surface area contributed by atoms with E-state index in [9.17, 15) is 24.3 Å². The maximum Gasteiger partial charge on any atom is 0.329 e. The Morgan fingerprint density at radius 1 is 0.915 bits per heavy atom. The number of ether oxygens (including phenoxy) is 5. The molecule has 4 aliphatic rings. The van der Waals surface area contributed by atoms with Crippen molar-refractivity contribution in [3.8, 4) is 0 Å². The smallest absolute Gasteiger partial charge is 0.329 e. The van der Waals surface area contributed by atoms with Gasteiger partial charge < -0.3 is 33.7 Å². The van der Waals surface area contributed by atoms with Crippen molar-refractivity contribution < 1.29 is 48.0 Å². The molecule has 3 fully saturated rings. The van der Waals surface area contributed by atoms with Crippen LogP contribution in [0.4, 0.5) is 0 Å². The summed E-state index contributed by atoms with van der Waals surface area (Å²) in [7, 11) is 4.80. The van der Waals surface area contributed by atoms with E-state index in [0.717, 1.165) is 29.6 Å². The zero-order valence-corrected chi connectivity index (χ0v) is 36.8. The van der Waals surface area contributed by atoms with Gasteiger partial charge in [-0.3, -0.25) is 14.4 Å². The normalized spacial score (nSPS) is 36.8. The minimum absolute atomic E-state index is 0.0522. The van der Waals surface area contributed by atoms with Crippen LogP contribution in [0.2, 0.25) is 0 Å². The van der Waals surface area contributed by atoms with E-state index in [1.54, 1.807) is 33.0 Å². The van der Waals surface area contributed by atoms with Gasteiger partial charge in [-0.2, -0.15) is 4.80 Å². The average molecular weight is 828 g/mol. The monoisotopic (exact) mass is 828 g/mol. The van der Waals surface area contributed by atoms with Gasteiger partial charge in [-0.15, -0.1) is 10.2 Å². The fraction of sp³-hybridized carbons (Fsp3) is 0.795. The van der Waals surface area contributed by atoms with Crippen molar-refractivity contribution in [2.75, 3.05) is 27.9 Å². The molecule has 15 nitrogen and oxygen atoms in total. The first-order valence-electron chi connectivity index (χ1n) is 21.8. The number of rotatable bonds is 7. The van der Waals surface area contributed by atoms with Crippen LogP contribution in [-0.4, -0.2) is 124 Å². The number of esters is 1. The molecule has 15 heteroatoms. The number of fused-ring (bicyclic) bond motifs is 3. The lowest BCUT2D eigenvalue weighted by Crippen LogP contribution is -2.64. The van der Waals surface area contributed by atoms with E-state index in [1.165, 1.54) is 11.2 Å². The van der Waals surface area contributed by atoms with Crippen LogP contribution in [0.1, 0.15) is 131 Å². The Bertz CT molecular complexity index is 1670. The third kappa shape index (κ3) is 10.8. The number of aliphatic hydroxyl groups is 1. The Labute approximate surface area is 349 Å². The van der Waals surface area contributed by atoms with Gasteiger partial charge in [0.15, 0.2) is 6.33 Å². The van der Waals surface area contributed by atoms with Crippen molar-refractivity contribution in [2.24, 2.45) is 23.7 Å². The van der Waals surface area contributed by atoms with Crippen molar-refractivity contribution in [3.63, 3.8) is 0 Å². The molecule has 2 saturated heterocycles. The van der Waals surface area contributed by atoms with Crippen LogP contribution in [0, 0.1) is 23.7 Å². The number of aromatic nitrogens is 4. The number of nitrogens with zero attached hydrogens (tertiary/aromatic N) is 5. The second-order valence-corrected chi connectivity index (χ2v) is 17.6. The molecule has 12 atom stereocenters. The highest BCUT2D eigenvalue weighted by molar-refractivity contribution is 6.39. The summed E-state index contributed by atoms with van der Waals surface area (Å²) in [5, 5.41) is 24.3. The SMILES string of the molecule is CCC1C=C(C)CC(C)CC(OC)C2OC(O)(C(=O)C(=O)N3CCCCC3C(=O)OC(C(C)=C(C)C3CCC(n4ncnn4)C(OC)C3)CCCC1=O)C(C)CC2OC. The summed E-state index contributed by atoms with van der Waals surface area (Å²) in [5.74, 6) is -5.86. The average Bonchev–Trinajstić information content (AvgIpc) is 3.78. The van der Waals surface area contributed by atoms with Crippen molar-refractivity contribution in [1.82, 2.24) is 25.1 Å². The number of hydrogen-bond acceptors (Lipinski definition) is 13. The van der Waals surface area contributed by atoms with E-state index in [0.29, 0.717) is 64.2 Å². The Kier molecular flexibility index (Phi) is 16.6. The molecule has 1 saturated carbocycles. The number of piperidine rings is 1. The van der Waals surface area contributed by atoms with Crippen molar-refractivity contribution in [3.05, 3.63) is 29.1 Å². The molecule has 3 aliphatic heterocycles. The van der Waals surface area contributed by atoms with E-state index >= 15 is 0 Å². The Hall–Kier alpha value is -3.37. The summed E-state index contributed by atoms with van der Waals surface area (Å²) in [6.07, 6.45) is 7.94. The number of allylic oxidation sites excluding steroid dienone is 3. The first-order chi connectivity index (χ1) is 28.2. The number of tetrazole rings is 1. The fourth-order valence-electron chi connectivity index (χ4n) is 9.97. The van der Waals surface area contributed by atoms with Crippen molar-refractivity contribution in [1.29, 1.82) is 0 Å². The number of carbonyl (C=O) groups excluding carboxylic acids is 4. The van der Waals surface area contributed by atoms with E-state index in [-0.39, 0.29) is 48.6 Å². The molecule has 5 rings (SSSR count). The number of cyclic esters (lactones) is 1. The first-order valence-corrected chi connectivity index (χ1v) is 21.8. The molecular weight excluding hydrogens is 759 g/mol. The molecule has 12 unspecified atom stereocenters. The van der Waals surface area contributed by atoms with Crippen molar-refractivity contribution in [2.45, 2.75) is 173 Å². The lowest BCUT2D eigenvalue weighted by atomic mass is 9.78.